The van der Waals surface area contributed by atoms with Crippen LogP contribution < -0.4 is 21.7 Å². The molecule has 10 nitrogen and oxygen atoms in total. The molecule has 4 rings (SSSR count). The van der Waals surface area contributed by atoms with Crippen molar-refractivity contribution < 1.29 is 9.32 Å². The number of amides is 1. The van der Waals surface area contributed by atoms with Crippen molar-refractivity contribution in [1.29, 1.82) is 0 Å². The third-order valence-corrected chi connectivity index (χ3v) is 4.99. The van der Waals surface area contributed by atoms with E-state index >= 15 is 0 Å². The third-order valence-electron chi connectivity index (χ3n) is 4.99. The Morgan fingerprint density at radius 3 is 2.71 bits per heavy atom. The van der Waals surface area contributed by atoms with E-state index in [9.17, 15) is 4.79 Å². The number of fused-ring (bicyclic) bond motifs is 1. The van der Waals surface area contributed by atoms with Crippen LogP contribution in [-0.4, -0.2) is 32.6 Å². The molecule has 174 valence electrons. The summed E-state index contributed by atoms with van der Waals surface area (Å²) in [6.45, 7) is 10.2. The molecule has 0 unspecified atom stereocenters. The largest absolute Gasteiger partial charge is 0.380 e. The number of rotatable bonds is 7. The van der Waals surface area contributed by atoms with Crippen LogP contribution in [0.25, 0.3) is 11.0 Å². The van der Waals surface area contributed by atoms with Gasteiger partial charge in [0, 0.05) is 47.5 Å². The van der Waals surface area contributed by atoms with E-state index in [-0.39, 0.29) is 11.3 Å². The molecule has 0 aliphatic heterocycles. The van der Waals surface area contributed by atoms with Gasteiger partial charge in [0.1, 0.15) is 11.4 Å². The molecule has 0 aliphatic carbocycles. The smallest absolute Gasteiger partial charge is 0.256 e. The molecule has 0 aliphatic rings. The summed E-state index contributed by atoms with van der Waals surface area (Å²) in [5.41, 5.74) is 8.81. The van der Waals surface area contributed by atoms with Crippen LogP contribution >= 0.6 is 0 Å². The van der Waals surface area contributed by atoms with E-state index in [1.54, 1.807) is 24.4 Å². The predicted octanol–water partition coefficient (Wildman–Crippen LogP) is 4.30. The van der Waals surface area contributed by atoms with Gasteiger partial charge in [0.2, 0.25) is 5.95 Å². The summed E-state index contributed by atoms with van der Waals surface area (Å²) >= 11 is 0. The topological polar surface area (TPSA) is 144 Å². The van der Waals surface area contributed by atoms with Gasteiger partial charge in [-0.25, -0.2) is 4.98 Å². The zero-order valence-corrected chi connectivity index (χ0v) is 19.2. The molecule has 0 spiro atoms. The molecule has 0 bridgehead atoms. The van der Waals surface area contributed by atoms with Gasteiger partial charge in [-0.2, -0.15) is 4.98 Å². The molecule has 0 radical (unpaired) electrons. The van der Waals surface area contributed by atoms with Gasteiger partial charge in [-0.05, 0) is 24.3 Å². The second-order valence-corrected chi connectivity index (χ2v) is 8.66. The Labute approximate surface area is 196 Å². The number of nitrogens with one attached hydrogen (secondary N) is 3. The van der Waals surface area contributed by atoms with Crippen molar-refractivity contribution in [3.63, 3.8) is 0 Å². The molecular formula is C24H26N8O2. The van der Waals surface area contributed by atoms with E-state index in [0.29, 0.717) is 41.0 Å². The highest BCUT2D eigenvalue weighted by molar-refractivity contribution is 5.99. The fourth-order valence-corrected chi connectivity index (χ4v) is 3.18. The van der Waals surface area contributed by atoms with Crippen molar-refractivity contribution in [2.24, 2.45) is 0 Å². The molecule has 0 saturated carbocycles. The monoisotopic (exact) mass is 458 g/mol. The molecule has 1 amide bonds. The Bertz CT molecular complexity index is 1360. The maximum atomic E-state index is 12.7. The number of carbonyl (C=O) groups excluding carboxylic acids is 1. The number of carbonyl (C=O) groups is 1. The number of nitrogen functional groups attached to an aromatic ring is 1. The van der Waals surface area contributed by atoms with Crippen LogP contribution in [-0.2, 0) is 5.41 Å². The predicted molar refractivity (Wildman–Crippen MR) is 132 cm³/mol. The number of anilines is 5. The molecule has 3 heterocycles. The minimum Gasteiger partial charge on any atom is -0.380 e. The van der Waals surface area contributed by atoms with Gasteiger partial charge in [-0.15, -0.1) is 6.58 Å². The number of hydrogen-bond acceptors (Lipinski definition) is 9. The molecule has 0 fully saturated rings. The van der Waals surface area contributed by atoms with Crippen molar-refractivity contribution in [2.75, 3.05) is 22.9 Å². The lowest BCUT2D eigenvalue weighted by Crippen LogP contribution is -2.25. The molecule has 3 aromatic heterocycles. The lowest BCUT2D eigenvalue weighted by molar-refractivity contribution is 0.0958. The molecule has 34 heavy (non-hydrogen) atoms. The Morgan fingerprint density at radius 1 is 1.15 bits per heavy atom. The first-order valence-corrected chi connectivity index (χ1v) is 10.7. The zero-order valence-electron chi connectivity index (χ0n) is 19.2. The van der Waals surface area contributed by atoms with Gasteiger partial charge >= 0.3 is 0 Å². The number of benzene rings is 1. The van der Waals surface area contributed by atoms with Crippen molar-refractivity contribution in [2.45, 2.75) is 26.2 Å². The second kappa shape index (κ2) is 9.18. The number of hydrogen-bond donors (Lipinski definition) is 4. The SMILES string of the molecule is C=CCNC(=O)c1cnc(Nc2ccc3c(N)noc3c2)nc1Nc1ccnc(C(C)(C)C)c1. The molecule has 5 N–H and O–H groups in total. The summed E-state index contributed by atoms with van der Waals surface area (Å²) in [5.74, 6) is 0.638. The summed E-state index contributed by atoms with van der Waals surface area (Å²) in [5, 5.41) is 13.6. The van der Waals surface area contributed by atoms with Crippen molar-refractivity contribution in [1.82, 2.24) is 25.4 Å². The average molecular weight is 459 g/mol. The Hall–Kier alpha value is -4.47. The van der Waals surface area contributed by atoms with E-state index in [1.807, 2.05) is 18.2 Å². The summed E-state index contributed by atoms with van der Waals surface area (Å²) in [6, 6.07) is 9.11. The fraction of sp³-hybridized carbons (Fsp3) is 0.208. The molecule has 1 aromatic carbocycles. The second-order valence-electron chi connectivity index (χ2n) is 8.66. The van der Waals surface area contributed by atoms with Crippen molar-refractivity contribution >= 4 is 45.8 Å². The van der Waals surface area contributed by atoms with Crippen LogP contribution in [0.4, 0.5) is 29.0 Å². The minimum absolute atomic E-state index is 0.136. The maximum Gasteiger partial charge on any atom is 0.256 e. The van der Waals surface area contributed by atoms with Gasteiger partial charge in [0.25, 0.3) is 5.91 Å². The molecule has 10 heteroatoms. The minimum atomic E-state index is -0.322. The summed E-state index contributed by atoms with van der Waals surface area (Å²) in [4.78, 5) is 26.0. The van der Waals surface area contributed by atoms with Crippen LogP contribution in [0, 0.1) is 0 Å². The van der Waals surface area contributed by atoms with E-state index in [1.165, 1.54) is 6.20 Å². The van der Waals surface area contributed by atoms with Crippen LogP contribution in [0.15, 0.2) is 59.9 Å². The van der Waals surface area contributed by atoms with Crippen LogP contribution in [0.3, 0.4) is 0 Å². The van der Waals surface area contributed by atoms with Gasteiger partial charge in [-0.1, -0.05) is 32.0 Å². The van der Waals surface area contributed by atoms with E-state index in [0.717, 1.165) is 16.8 Å². The number of pyridine rings is 1. The quantitative estimate of drug-likeness (QED) is 0.298. The molecular weight excluding hydrogens is 432 g/mol. The first-order chi connectivity index (χ1) is 16.2. The van der Waals surface area contributed by atoms with Gasteiger partial charge in [-0.3, -0.25) is 9.78 Å². The first-order valence-electron chi connectivity index (χ1n) is 10.7. The average Bonchev–Trinajstić information content (AvgIpc) is 3.17. The lowest BCUT2D eigenvalue weighted by atomic mass is 9.91. The van der Waals surface area contributed by atoms with E-state index in [2.05, 4.69) is 63.4 Å². The highest BCUT2D eigenvalue weighted by Gasteiger charge is 2.18. The van der Waals surface area contributed by atoms with E-state index < -0.39 is 0 Å². The summed E-state index contributed by atoms with van der Waals surface area (Å²) < 4.78 is 5.22. The Morgan fingerprint density at radius 2 is 1.94 bits per heavy atom. The first kappa shape index (κ1) is 22.7. The standard InChI is InChI=1S/C24H26N8O2/c1-5-9-27-22(33)17-13-28-23(30-14-6-7-16-18(11-14)34-32-20(16)25)31-21(17)29-15-8-10-26-19(12-15)24(2,3)4/h5-8,10-13H,1,9H2,2-4H3,(H2,25,32)(H,27,33)(H2,26,28,29,30,31). The van der Waals surface area contributed by atoms with Gasteiger partial charge < -0.3 is 26.2 Å². The van der Waals surface area contributed by atoms with Crippen molar-refractivity contribution in [3.8, 4) is 0 Å². The highest BCUT2D eigenvalue weighted by Crippen LogP contribution is 2.27. The molecule has 4 aromatic rings. The zero-order chi connectivity index (χ0) is 24.3. The number of nitrogens with two attached hydrogens (primary N) is 1. The third kappa shape index (κ3) is 4.96. The molecule has 0 saturated heterocycles. The van der Waals surface area contributed by atoms with Crippen molar-refractivity contribution in [3.05, 3.63) is 66.6 Å². The van der Waals surface area contributed by atoms with E-state index in [4.69, 9.17) is 10.3 Å². The summed E-state index contributed by atoms with van der Waals surface area (Å²) in [7, 11) is 0. The fourth-order valence-electron chi connectivity index (χ4n) is 3.18. The van der Waals surface area contributed by atoms with Crippen LogP contribution in [0.5, 0.6) is 0 Å². The highest BCUT2D eigenvalue weighted by atomic mass is 16.5. The van der Waals surface area contributed by atoms with Crippen LogP contribution in [0.2, 0.25) is 0 Å². The number of nitrogens with zero attached hydrogens (tertiary/aromatic N) is 4. The van der Waals surface area contributed by atoms with Gasteiger partial charge in [0.05, 0.1) is 5.39 Å². The Balaban J connectivity index is 1.67. The lowest BCUT2D eigenvalue weighted by Gasteiger charge is -2.19. The normalized spacial score (nSPS) is 11.3. The molecule has 0 atom stereocenters. The van der Waals surface area contributed by atoms with Gasteiger partial charge in [0.15, 0.2) is 11.4 Å². The Kier molecular flexibility index (Phi) is 6.13. The van der Waals surface area contributed by atoms with Crippen LogP contribution in [0.1, 0.15) is 36.8 Å². The summed E-state index contributed by atoms with van der Waals surface area (Å²) in [6.07, 6.45) is 4.79. The maximum absolute atomic E-state index is 12.7. The number of aromatic nitrogens is 4.